The third-order valence-electron chi connectivity index (χ3n) is 3.06. The first-order valence-corrected chi connectivity index (χ1v) is 5.66. The maximum absolute atomic E-state index is 11.3. The SMILES string of the molecule is Nc1nc(-c2ccc3c(c2)CCC(=O)N3)cn1N. The van der Waals surface area contributed by atoms with Crippen LogP contribution in [0.5, 0.6) is 0 Å². The van der Waals surface area contributed by atoms with Gasteiger partial charge in [-0.15, -0.1) is 0 Å². The number of benzene rings is 1. The quantitative estimate of drug-likeness (QED) is 0.643. The summed E-state index contributed by atoms with van der Waals surface area (Å²) in [6.07, 6.45) is 2.94. The predicted molar refractivity (Wildman–Crippen MR) is 69.2 cm³/mol. The Bertz CT molecular complexity index is 612. The van der Waals surface area contributed by atoms with E-state index in [1.54, 1.807) is 6.20 Å². The van der Waals surface area contributed by atoms with Gasteiger partial charge >= 0.3 is 0 Å². The molecule has 2 aromatic rings. The lowest BCUT2D eigenvalue weighted by atomic mass is 9.99. The van der Waals surface area contributed by atoms with E-state index in [0.717, 1.165) is 28.9 Å². The van der Waals surface area contributed by atoms with Gasteiger partial charge in [0.1, 0.15) is 0 Å². The number of aromatic nitrogens is 2. The lowest BCUT2D eigenvalue weighted by Gasteiger charge is -2.17. The van der Waals surface area contributed by atoms with Gasteiger partial charge in [-0.2, -0.15) is 0 Å². The molecule has 5 N–H and O–H groups in total. The molecule has 0 radical (unpaired) electrons. The normalized spacial score (nSPS) is 14.1. The molecule has 18 heavy (non-hydrogen) atoms. The van der Waals surface area contributed by atoms with Gasteiger partial charge in [-0.3, -0.25) is 4.79 Å². The number of fused-ring (bicyclic) bond motifs is 1. The lowest BCUT2D eigenvalue weighted by Crippen LogP contribution is -2.18. The minimum absolute atomic E-state index is 0.0609. The van der Waals surface area contributed by atoms with E-state index in [1.807, 2.05) is 18.2 Å². The van der Waals surface area contributed by atoms with E-state index >= 15 is 0 Å². The fourth-order valence-corrected chi connectivity index (χ4v) is 2.09. The molecule has 92 valence electrons. The van der Waals surface area contributed by atoms with Crippen LogP contribution in [0.1, 0.15) is 12.0 Å². The van der Waals surface area contributed by atoms with Gasteiger partial charge in [0.25, 0.3) is 0 Å². The van der Waals surface area contributed by atoms with Crippen molar-refractivity contribution in [2.75, 3.05) is 16.9 Å². The minimum Gasteiger partial charge on any atom is -0.368 e. The molecule has 0 bridgehead atoms. The number of carbonyl (C=O) groups is 1. The van der Waals surface area contributed by atoms with E-state index < -0.39 is 0 Å². The summed E-state index contributed by atoms with van der Waals surface area (Å²) >= 11 is 0. The molecule has 2 heterocycles. The second-order valence-corrected chi connectivity index (χ2v) is 4.31. The number of hydrogen-bond acceptors (Lipinski definition) is 4. The Balaban J connectivity index is 2.02. The molecule has 3 rings (SSSR count). The van der Waals surface area contributed by atoms with Crippen LogP contribution in [0.15, 0.2) is 24.4 Å². The van der Waals surface area contributed by atoms with Crippen molar-refractivity contribution in [1.29, 1.82) is 0 Å². The summed E-state index contributed by atoms with van der Waals surface area (Å²) in [4.78, 5) is 15.4. The third kappa shape index (κ3) is 1.67. The number of nitrogens with two attached hydrogens (primary N) is 2. The second-order valence-electron chi connectivity index (χ2n) is 4.31. The van der Waals surface area contributed by atoms with Crippen LogP contribution in [0.3, 0.4) is 0 Å². The van der Waals surface area contributed by atoms with Crippen molar-refractivity contribution in [3.8, 4) is 11.3 Å². The number of anilines is 2. The molecular weight excluding hydrogens is 230 g/mol. The van der Waals surface area contributed by atoms with Crippen molar-refractivity contribution in [1.82, 2.24) is 9.66 Å². The average molecular weight is 243 g/mol. The summed E-state index contributed by atoms with van der Waals surface area (Å²) in [6.45, 7) is 0. The Hall–Kier alpha value is -2.50. The minimum atomic E-state index is 0.0609. The first-order valence-electron chi connectivity index (χ1n) is 5.66. The molecule has 0 saturated heterocycles. The van der Waals surface area contributed by atoms with E-state index in [9.17, 15) is 4.79 Å². The first-order chi connectivity index (χ1) is 8.63. The zero-order valence-electron chi connectivity index (χ0n) is 9.68. The molecule has 0 atom stereocenters. The number of nitrogen functional groups attached to an aromatic ring is 2. The van der Waals surface area contributed by atoms with Gasteiger partial charge in [-0.25, -0.2) is 9.66 Å². The van der Waals surface area contributed by atoms with Crippen LogP contribution in [0, 0.1) is 0 Å². The van der Waals surface area contributed by atoms with E-state index in [4.69, 9.17) is 11.6 Å². The van der Waals surface area contributed by atoms with Crippen molar-refractivity contribution in [3.05, 3.63) is 30.0 Å². The Labute approximate surface area is 104 Å². The molecule has 0 aliphatic carbocycles. The maximum Gasteiger partial charge on any atom is 0.224 e. The smallest absolute Gasteiger partial charge is 0.224 e. The van der Waals surface area contributed by atoms with Crippen molar-refractivity contribution >= 4 is 17.5 Å². The lowest BCUT2D eigenvalue weighted by molar-refractivity contribution is -0.116. The molecule has 0 fully saturated rings. The van der Waals surface area contributed by atoms with Gasteiger partial charge in [0, 0.05) is 17.7 Å². The number of hydrogen-bond donors (Lipinski definition) is 3. The highest BCUT2D eigenvalue weighted by Gasteiger charge is 2.15. The van der Waals surface area contributed by atoms with Crippen molar-refractivity contribution in [2.45, 2.75) is 12.8 Å². The van der Waals surface area contributed by atoms with Crippen molar-refractivity contribution < 1.29 is 4.79 Å². The highest BCUT2D eigenvalue weighted by Crippen LogP contribution is 2.28. The number of imidazole rings is 1. The molecule has 0 saturated carbocycles. The number of amides is 1. The summed E-state index contributed by atoms with van der Waals surface area (Å²) in [7, 11) is 0. The number of carbonyl (C=O) groups excluding carboxylic acids is 1. The molecule has 0 spiro atoms. The highest BCUT2D eigenvalue weighted by atomic mass is 16.1. The molecule has 6 nitrogen and oxygen atoms in total. The Morgan fingerprint density at radius 1 is 1.33 bits per heavy atom. The number of aryl methyl sites for hydroxylation is 1. The van der Waals surface area contributed by atoms with E-state index in [0.29, 0.717) is 6.42 Å². The first kappa shape index (κ1) is 10.6. The molecule has 0 unspecified atom stereocenters. The van der Waals surface area contributed by atoms with Crippen molar-refractivity contribution in [3.63, 3.8) is 0 Å². The number of nitrogens with one attached hydrogen (secondary N) is 1. The van der Waals surface area contributed by atoms with Gasteiger partial charge in [-0.05, 0) is 24.1 Å². The number of rotatable bonds is 1. The molecule has 1 aromatic heterocycles. The zero-order chi connectivity index (χ0) is 12.7. The van der Waals surface area contributed by atoms with Gasteiger partial charge < -0.3 is 16.9 Å². The topological polar surface area (TPSA) is 99.0 Å². The molecule has 6 heteroatoms. The zero-order valence-corrected chi connectivity index (χ0v) is 9.68. The molecule has 1 aliphatic heterocycles. The Morgan fingerprint density at radius 3 is 2.89 bits per heavy atom. The summed E-state index contributed by atoms with van der Waals surface area (Å²) in [5.41, 5.74) is 9.26. The molecule has 1 aromatic carbocycles. The van der Waals surface area contributed by atoms with Gasteiger partial charge in [0.05, 0.1) is 11.9 Å². The van der Waals surface area contributed by atoms with Crippen LogP contribution < -0.4 is 16.9 Å². The average Bonchev–Trinajstić information content (AvgIpc) is 2.69. The van der Waals surface area contributed by atoms with Crippen LogP contribution >= 0.6 is 0 Å². The highest BCUT2D eigenvalue weighted by molar-refractivity contribution is 5.94. The number of nitrogens with zero attached hydrogens (tertiary/aromatic N) is 2. The van der Waals surface area contributed by atoms with E-state index in [-0.39, 0.29) is 11.9 Å². The predicted octanol–water partition coefficient (Wildman–Crippen LogP) is 0.731. The van der Waals surface area contributed by atoms with Crippen LogP contribution in [0.25, 0.3) is 11.3 Å². The molecule has 1 amide bonds. The fraction of sp³-hybridized carbons (Fsp3) is 0.167. The molecular formula is C12H13N5O. The Morgan fingerprint density at radius 2 is 2.17 bits per heavy atom. The summed E-state index contributed by atoms with van der Waals surface area (Å²) in [5.74, 6) is 5.94. The van der Waals surface area contributed by atoms with Crippen LogP contribution in [0.4, 0.5) is 11.6 Å². The third-order valence-corrected chi connectivity index (χ3v) is 3.06. The molecule has 1 aliphatic rings. The van der Waals surface area contributed by atoms with Gasteiger partial charge in [-0.1, -0.05) is 6.07 Å². The largest absolute Gasteiger partial charge is 0.368 e. The van der Waals surface area contributed by atoms with E-state index in [2.05, 4.69) is 10.3 Å². The second kappa shape index (κ2) is 3.76. The van der Waals surface area contributed by atoms with Crippen LogP contribution in [0.2, 0.25) is 0 Å². The fourth-order valence-electron chi connectivity index (χ4n) is 2.09. The monoisotopic (exact) mass is 243 g/mol. The van der Waals surface area contributed by atoms with Crippen molar-refractivity contribution in [2.24, 2.45) is 0 Å². The Kier molecular flexibility index (Phi) is 2.22. The van der Waals surface area contributed by atoms with E-state index in [1.165, 1.54) is 4.68 Å². The van der Waals surface area contributed by atoms with Crippen LogP contribution in [-0.2, 0) is 11.2 Å². The summed E-state index contributed by atoms with van der Waals surface area (Å²) in [5, 5.41) is 2.84. The van der Waals surface area contributed by atoms with Gasteiger partial charge in [0.15, 0.2) is 0 Å². The summed E-state index contributed by atoms with van der Waals surface area (Å²) in [6, 6.07) is 5.79. The van der Waals surface area contributed by atoms with Gasteiger partial charge in [0.2, 0.25) is 11.9 Å². The van der Waals surface area contributed by atoms with Crippen LogP contribution in [-0.4, -0.2) is 15.6 Å². The standard InChI is InChI=1S/C12H13N5O/c13-12-16-10(6-17(12)14)8-1-3-9-7(5-8)2-4-11(18)15-9/h1,3,5-6H,2,4,14H2,(H2,13,16)(H,15,18). The summed E-state index contributed by atoms with van der Waals surface area (Å²) < 4.78 is 1.29. The maximum atomic E-state index is 11.3.